The van der Waals surface area contributed by atoms with Gasteiger partial charge in [0.05, 0.1) is 32.5 Å². The minimum absolute atomic E-state index is 0.0338. The van der Waals surface area contributed by atoms with E-state index in [1.165, 1.54) is 32.5 Å². The smallest absolute Gasteiger partial charge is 0.459 e. The number of anilines is 1. The molecule has 1 aromatic carbocycles. The van der Waals surface area contributed by atoms with Crippen molar-refractivity contribution in [1.29, 1.82) is 0 Å². The fraction of sp³-hybridized carbons (Fsp3) is 0.348. The number of nitrogens with one attached hydrogen (secondary N) is 1. The third kappa shape index (κ3) is 6.31. The van der Waals surface area contributed by atoms with Crippen LogP contribution in [-0.4, -0.2) is 56.3 Å². The Hall–Kier alpha value is -3.80. The van der Waals surface area contributed by atoms with Gasteiger partial charge >= 0.3 is 19.7 Å². The minimum atomic E-state index is -4.04. The van der Waals surface area contributed by atoms with E-state index in [1.807, 2.05) is 16.7 Å². The fourth-order valence-electron chi connectivity index (χ4n) is 3.93. The number of esters is 1. The standard InChI is InChI=1S/C23H27N6O7P/c1-14(23(32)34-2)28-37(33,36-18-7-4-15(5-8-18)10-19(30)31)35-11-16-3-6-17(9-16)29-13-27-20-21(24)25-12-26-22(20)29/h3-8,12-14,16-17H,9-11H2,1-2H3,(H,28,33)(H,30,31)(H2,24,25,26)/t14-,16-,17+,37?/m0/s1. The van der Waals surface area contributed by atoms with E-state index < -0.39 is 25.7 Å². The number of carboxylic acids is 1. The van der Waals surface area contributed by atoms with Gasteiger partial charge in [0.15, 0.2) is 11.5 Å². The predicted octanol–water partition coefficient (Wildman–Crippen LogP) is 2.51. The number of benzene rings is 1. The number of methoxy groups -OCH3 is 1. The number of aromatic nitrogens is 4. The summed E-state index contributed by atoms with van der Waals surface area (Å²) in [5.41, 5.74) is 7.55. The van der Waals surface area contributed by atoms with Gasteiger partial charge in [-0.3, -0.25) is 14.1 Å². The van der Waals surface area contributed by atoms with Gasteiger partial charge in [-0.15, -0.1) is 0 Å². The van der Waals surface area contributed by atoms with Gasteiger partial charge in [0.2, 0.25) is 0 Å². The number of nitrogens with zero attached hydrogens (tertiary/aromatic N) is 4. The molecule has 14 heteroatoms. The van der Waals surface area contributed by atoms with Crippen LogP contribution in [0.1, 0.15) is 24.9 Å². The predicted molar refractivity (Wildman–Crippen MR) is 133 cm³/mol. The molecule has 0 saturated heterocycles. The van der Waals surface area contributed by atoms with Gasteiger partial charge in [-0.2, -0.15) is 5.09 Å². The lowest BCUT2D eigenvalue weighted by molar-refractivity contribution is -0.142. The van der Waals surface area contributed by atoms with Gasteiger partial charge in [-0.25, -0.2) is 19.5 Å². The van der Waals surface area contributed by atoms with Gasteiger partial charge in [0.25, 0.3) is 0 Å². The molecular formula is C23H27N6O7P. The lowest BCUT2D eigenvalue weighted by atomic mass is 10.1. The first-order valence-corrected chi connectivity index (χ1v) is 12.9. The summed E-state index contributed by atoms with van der Waals surface area (Å²) >= 11 is 0. The van der Waals surface area contributed by atoms with Gasteiger partial charge in [0, 0.05) is 5.92 Å². The lowest BCUT2D eigenvalue weighted by Gasteiger charge is -2.24. The molecule has 13 nitrogen and oxygen atoms in total. The summed E-state index contributed by atoms with van der Waals surface area (Å²) in [4.78, 5) is 35.4. The molecule has 1 aliphatic carbocycles. The van der Waals surface area contributed by atoms with Gasteiger partial charge in [0.1, 0.15) is 23.6 Å². The summed E-state index contributed by atoms with van der Waals surface area (Å²) in [6.45, 7) is 1.51. The first-order chi connectivity index (χ1) is 17.7. The lowest BCUT2D eigenvalue weighted by Crippen LogP contribution is -2.34. The maximum absolute atomic E-state index is 13.6. The van der Waals surface area contributed by atoms with E-state index in [4.69, 9.17) is 24.6 Å². The number of carbonyl (C=O) groups excluding carboxylic acids is 1. The molecule has 0 aliphatic heterocycles. The molecule has 196 valence electrons. The van der Waals surface area contributed by atoms with Gasteiger partial charge in [-0.05, 0) is 31.0 Å². The van der Waals surface area contributed by atoms with Crippen LogP contribution in [0.2, 0.25) is 0 Å². The Morgan fingerprint density at radius 3 is 2.70 bits per heavy atom. The Kier molecular flexibility index (Phi) is 7.86. The monoisotopic (exact) mass is 530 g/mol. The Morgan fingerprint density at radius 2 is 2.00 bits per heavy atom. The molecule has 1 aliphatic rings. The van der Waals surface area contributed by atoms with E-state index in [2.05, 4.69) is 20.0 Å². The largest absolute Gasteiger partial charge is 0.481 e. The second kappa shape index (κ2) is 11.1. The maximum Gasteiger partial charge on any atom is 0.459 e. The van der Waals surface area contributed by atoms with Crippen molar-refractivity contribution in [3.8, 4) is 5.75 Å². The molecule has 0 saturated carbocycles. The number of nitrogens with two attached hydrogens (primary N) is 1. The maximum atomic E-state index is 13.6. The van der Waals surface area contributed by atoms with Crippen molar-refractivity contribution >= 4 is 36.7 Å². The summed E-state index contributed by atoms with van der Waals surface area (Å²) in [5, 5.41) is 11.5. The van der Waals surface area contributed by atoms with Crippen molar-refractivity contribution in [2.75, 3.05) is 19.5 Å². The molecule has 4 N–H and O–H groups in total. The minimum Gasteiger partial charge on any atom is -0.481 e. The molecule has 2 heterocycles. The van der Waals surface area contributed by atoms with Crippen molar-refractivity contribution in [3.05, 3.63) is 54.6 Å². The van der Waals surface area contributed by atoms with Crippen molar-refractivity contribution in [2.24, 2.45) is 5.92 Å². The first kappa shape index (κ1) is 26.3. The normalized spacial score (nSPS) is 19.4. The number of imidazole rings is 1. The van der Waals surface area contributed by atoms with Gasteiger partial charge < -0.3 is 24.7 Å². The second-order valence-electron chi connectivity index (χ2n) is 8.50. The number of allylic oxidation sites excluding steroid dienone is 1. The zero-order valence-electron chi connectivity index (χ0n) is 20.2. The molecule has 3 aromatic rings. The first-order valence-electron chi connectivity index (χ1n) is 11.4. The summed E-state index contributed by atoms with van der Waals surface area (Å²) in [7, 11) is -2.82. The number of rotatable bonds is 11. The van der Waals surface area contributed by atoms with Crippen LogP contribution in [-0.2, 0) is 29.8 Å². The highest BCUT2D eigenvalue weighted by molar-refractivity contribution is 7.52. The molecule has 1 unspecified atom stereocenters. The van der Waals surface area contributed by atoms with Crippen molar-refractivity contribution < 1.29 is 33.0 Å². The van der Waals surface area contributed by atoms with Crippen LogP contribution in [0.3, 0.4) is 0 Å². The van der Waals surface area contributed by atoms with Crippen LogP contribution in [0.4, 0.5) is 5.82 Å². The Bertz CT molecular complexity index is 1360. The number of nitrogen functional groups attached to an aromatic ring is 1. The molecular weight excluding hydrogens is 503 g/mol. The summed E-state index contributed by atoms with van der Waals surface area (Å²) in [6, 6.07) is 5.03. The van der Waals surface area contributed by atoms with Crippen LogP contribution in [0.5, 0.6) is 5.75 Å². The van der Waals surface area contributed by atoms with E-state index >= 15 is 0 Å². The number of carboxylic acid groups (broad SMARTS) is 1. The van der Waals surface area contributed by atoms with Crippen LogP contribution < -0.4 is 15.3 Å². The van der Waals surface area contributed by atoms with Crippen molar-refractivity contribution in [2.45, 2.75) is 31.8 Å². The third-order valence-electron chi connectivity index (χ3n) is 5.76. The van der Waals surface area contributed by atoms with Crippen molar-refractivity contribution in [3.63, 3.8) is 0 Å². The molecule has 2 aromatic heterocycles. The van der Waals surface area contributed by atoms with Crippen LogP contribution in [0.25, 0.3) is 11.2 Å². The van der Waals surface area contributed by atoms with Crippen LogP contribution >= 0.6 is 7.75 Å². The van der Waals surface area contributed by atoms with Crippen LogP contribution in [0.15, 0.2) is 49.1 Å². The van der Waals surface area contributed by atoms with E-state index in [0.717, 1.165) is 0 Å². The number of aliphatic carboxylic acids is 1. The molecule has 4 rings (SSSR count). The summed E-state index contributed by atoms with van der Waals surface area (Å²) in [5.74, 6) is -1.25. The summed E-state index contributed by atoms with van der Waals surface area (Å²) < 4.78 is 31.6. The number of hydrogen-bond acceptors (Lipinski definition) is 10. The van der Waals surface area contributed by atoms with Gasteiger partial charge in [-0.1, -0.05) is 24.3 Å². The second-order valence-corrected chi connectivity index (χ2v) is 10.2. The fourth-order valence-corrected chi connectivity index (χ4v) is 5.47. The van der Waals surface area contributed by atoms with E-state index in [1.54, 1.807) is 18.5 Å². The molecule has 0 amide bonds. The molecule has 37 heavy (non-hydrogen) atoms. The van der Waals surface area contributed by atoms with Crippen molar-refractivity contribution in [1.82, 2.24) is 24.6 Å². The van der Waals surface area contributed by atoms with E-state index in [-0.39, 0.29) is 30.7 Å². The zero-order valence-corrected chi connectivity index (χ0v) is 21.1. The molecule has 0 bridgehead atoms. The van der Waals surface area contributed by atoms with E-state index in [0.29, 0.717) is 29.0 Å². The Labute approximate surface area is 212 Å². The number of fused-ring (bicyclic) bond motifs is 1. The van der Waals surface area contributed by atoms with E-state index in [9.17, 15) is 14.2 Å². The molecule has 0 fully saturated rings. The number of hydrogen-bond donors (Lipinski definition) is 3. The quantitative estimate of drug-likeness (QED) is 0.187. The molecule has 0 radical (unpaired) electrons. The highest BCUT2D eigenvalue weighted by Gasteiger charge is 2.34. The third-order valence-corrected chi connectivity index (χ3v) is 7.41. The summed E-state index contributed by atoms with van der Waals surface area (Å²) in [6.07, 6.45) is 7.40. The van der Waals surface area contributed by atoms with Crippen LogP contribution in [0, 0.1) is 5.92 Å². The SMILES string of the molecule is COC(=O)[C@H](C)NP(=O)(OC[C@H]1C=C[C@@H](n2cnc3c(N)ncnc32)C1)Oc1ccc(CC(=O)O)cc1. The average molecular weight is 530 g/mol. The molecule has 4 atom stereocenters. The molecule has 0 spiro atoms. The number of carbonyl (C=O) groups is 2. The average Bonchev–Trinajstić information content (AvgIpc) is 3.51. The Morgan fingerprint density at radius 1 is 1.24 bits per heavy atom. The highest BCUT2D eigenvalue weighted by atomic mass is 31.2. The topological polar surface area (TPSA) is 181 Å². The Balaban J connectivity index is 1.44. The highest BCUT2D eigenvalue weighted by Crippen LogP contribution is 2.46. The zero-order chi connectivity index (χ0) is 26.6. The number of ether oxygens (including phenoxy) is 1.